The Kier molecular flexibility index (Phi) is 5.18. The van der Waals surface area contributed by atoms with Crippen LogP contribution in [0.3, 0.4) is 0 Å². The molecule has 3 heteroatoms. The molecule has 0 radical (unpaired) electrons. The van der Waals surface area contributed by atoms with E-state index in [0.29, 0.717) is 6.42 Å². The molecule has 1 amide bonds. The minimum Gasteiger partial charge on any atom is -0.393 e. The molecule has 1 fully saturated rings. The number of rotatable bonds is 3. The molecular formula is C17H25NO2. The van der Waals surface area contributed by atoms with Crippen molar-refractivity contribution >= 4 is 5.91 Å². The molecule has 0 aliphatic carbocycles. The maximum absolute atomic E-state index is 12.7. The predicted molar refractivity (Wildman–Crippen MR) is 80.8 cm³/mol. The van der Waals surface area contributed by atoms with Crippen LogP contribution in [0.4, 0.5) is 0 Å². The van der Waals surface area contributed by atoms with E-state index in [1.165, 1.54) is 6.42 Å². The lowest BCUT2D eigenvalue weighted by molar-refractivity contribution is 0.0607. The zero-order valence-corrected chi connectivity index (χ0v) is 12.5. The maximum Gasteiger partial charge on any atom is 0.254 e. The van der Waals surface area contributed by atoms with E-state index in [2.05, 4.69) is 0 Å². The van der Waals surface area contributed by atoms with Crippen LogP contribution in [0, 0.1) is 6.92 Å². The number of nitrogens with zero attached hydrogens (tertiary/aromatic N) is 1. The number of carbonyl (C=O) groups is 1. The number of benzene rings is 1. The molecule has 3 nitrogen and oxygen atoms in total. The van der Waals surface area contributed by atoms with Gasteiger partial charge in [-0.3, -0.25) is 4.79 Å². The smallest absolute Gasteiger partial charge is 0.254 e. The molecule has 2 atom stereocenters. The topological polar surface area (TPSA) is 40.5 Å². The Balaban J connectivity index is 2.19. The summed E-state index contributed by atoms with van der Waals surface area (Å²) in [6.07, 6.45) is 4.71. The summed E-state index contributed by atoms with van der Waals surface area (Å²) in [4.78, 5) is 14.7. The Labute approximate surface area is 121 Å². The van der Waals surface area contributed by atoms with Gasteiger partial charge in [-0.15, -0.1) is 0 Å². The molecule has 1 aliphatic rings. The highest BCUT2D eigenvalue weighted by Gasteiger charge is 2.27. The Bertz CT molecular complexity index is 456. The molecule has 1 aliphatic heterocycles. The number of likely N-dealkylation sites (tertiary alicyclic amines) is 1. The first-order valence-corrected chi connectivity index (χ1v) is 7.63. The van der Waals surface area contributed by atoms with Gasteiger partial charge in [0.2, 0.25) is 0 Å². The number of hydrogen-bond acceptors (Lipinski definition) is 2. The molecule has 2 rings (SSSR count). The van der Waals surface area contributed by atoms with E-state index in [4.69, 9.17) is 0 Å². The van der Waals surface area contributed by atoms with Gasteiger partial charge in [0.1, 0.15) is 0 Å². The molecule has 1 N–H and O–H groups in total. The molecule has 0 spiro atoms. The van der Waals surface area contributed by atoms with Gasteiger partial charge in [-0.1, -0.05) is 30.5 Å². The predicted octanol–water partition coefficient (Wildman–Crippen LogP) is 3.15. The van der Waals surface area contributed by atoms with Gasteiger partial charge >= 0.3 is 0 Å². The highest BCUT2D eigenvalue weighted by atomic mass is 16.3. The monoisotopic (exact) mass is 275 g/mol. The lowest BCUT2D eigenvalue weighted by Crippen LogP contribution is -2.41. The average Bonchev–Trinajstić information content (AvgIpc) is 2.63. The van der Waals surface area contributed by atoms with Gasteiger partial charge in [0.25, 0.3) is 5.91 Å². The summed E-state index contributed by atoms with van der Waals surface area (Å²) in [7, 11) is 0. The fourth-order valence-electron chi connectivity index (χ4n) is 3.03. The standard InChI is InChI=1S/C17H25NO2/c1-13-7-6-8-15(11-13)17(20)18-10-5-3-4-9-16(18)12-14(2)19/h6-8,11,14,16,19H,3-5,9-10,12H2,1-2H3. The van der Waals surface area contributed by atoms with Crippen LogP contribution in [-0.2, 0) is 0 Å². The maximum atomic E-state index is 12.7. The number of amides is 1. The Morgan fingerprint density at radius 1 is 1.40 bits per heavy atom. The fraction of sp³-hybridized carbons (Fsp3) is 0.588. The van der Waals surface area contributed by atoms with Crippen LogP contribution in [0.1, 0.15) is 54.9 Å². The number of carbonyl (C=O) groups excluding carboxylic acids is 1. The Morgan fingerprint density at radius 3 is 2.90 bits per heavy atom. The summed E-state index contributed by atoms with van der Waals surface area (Å²) >= 11 is 0. The number of aliphatic hydroxyl groups is 1. The van der Waals surface area contributed by atoms with Crippen LogP contribution in [-0.4, -0.2) is 34.6 Å². The summed E-state index contributed by atoms with van der Waals surface area (Å²) in [5, 5.41) is 9.67. The van der Waals surface area contributed by atoms with Crippen LogP contribution in [0.15, 0.2) is 24.3 Å². The van der Waals surface area contributed by atoms with Crippen LogP contribution in [0.2, 0.25) is 0 Å². The fourth-order valence-corrected chi connectivity index (χ4v) is 3.03. The van der Waals surface area contributed by atoms with Crippen molar-refractivity contribution in [1.29, 1.82) is 0 Å². The zero-order valence-electron chi connectivity index (χ0n) is 12.5. The van der Waals surface area contributed by atoms with Gasteiger partial charge in [-0.25, -0.2) is 0 Å². The van der Waals surface area contributed by atoms with Crippen LogP contribution in [0.5, 0.6) is 0 Å². The van der Waals surface area contributed by atoms with Crippen molar-refractivity contribution in [3.05, 3.63) is 35.4 Å². The van der Waals surface area contributed by atoms with Crippen molar-refractivity contribution in [2.45, 2.75) is 58.1 Å². The van der Waals surface area contributed by atoms with Crippen molar-refractivity contribution < 1.29 is 9.90 Å². The van der Waals surface area contributed by atoms with Gasteiger partial charge in [-0.2, -0.15) is 0 Å². The van der Waals surface area contributed by atoms with Crippen LogP contribution in [0.25, 0.3) is 0 Å². The van der Waals surface area contributed by atoms with Gasteiger partial charge in [0, 0.05) is 18.2 Å². The zero-order chi connectivity index (χ0) is 14.5. The normalized spacial score (nSPS) is 21.4. The third-order valence-corrected chi connectivity index (χ3v) is 4.02. The minimum absolute atomic E-state index is 0.112. The van der Waals surface area contributed by atoms with Gasteiger partial charge in [0.05, 0.1) is 6.10 Å². The number of hydrogen-bond donors (Lipinski definition) is 1. The van der Waals surface area contributed by atoms with Gasteiger partial charge < -0.3 is 10.0 Å². The summed E-state index contributed by atoms with van der Waals surface area (Å²) in [6, 6.07) is 7.95. The number of aliphatic hydroxyl groups excluding tert-OH is 1. The average molecular weight is 275 g/mol. The molecule has 1 saturated heterocycles. The molecule has 1 aromatic rings. The quantitative estimate of drug-likeness (QED) is 0.920. The second kappa shape index (κ2) is 6.89. The molecule has 20 heavy (non-hydrogen) atoms. The van der Waals surface area contributed by atoms with Gasteiger partial charge in [0.15, 0.2) is 0 Å². The van der Waals surface area contributed by atoms with E-state index in [1.54, 1.807) is 6.92 Å². The molecule has 1 heterocycles. The highest BCUT2D eigenvalue weighted by molar-refractivity contribution is 5.94. The van der Waals surface area contributed by atoms with E-state index >= 15 is 0 Å². The molecule has 0 aromatic heterocycles. The third-order valence-electron chi connectivity index (χ3n) is 4.02. The van der Waals surface area contributed by atoms with Gasteiger partial charge in [-0.05, 0) is 45.2 Å². The molecule has 2 unspecified atom stereocenters. The first-order valence-electron chi connectivity index (χ1n) is 7.63. The molecular weight excluding hydrogens is 250 g/mol. The van der Waals surface area contributed by atoms with E-state index in [1.807, 2.05) is 36.1 Å². The third kappa shape index (κ3) is 3.83. The minimum atomic E-state index is -0.356. The largest absolute Gasteiger partial charge is 0.393 e. The van der Waals surface area contributed by atoms with E-state index in [-0.39, 0.29) is 18.1 Å². The lowest BCUT2D eigenvalue weighted by atomic mass is 10.0. The SMILES string of the molecule is Cc1cccc(C(=O)N2CCCCCC2CC(C)O)c1. The van der Waals surface area contributed by atoms with E-state index in [9.17, 15) is 9.90 Å². The van der Waals surface area contributed by atoms with Crippen molar-refractivity contribution in [1.82, 2.24) is 4.90 Å². The molecule has 110 valence electrons. The molecule has 0 saturated carbocycles. The first kappa shape index (κ1) is 15.0. The van der Waals surface area contributed by atoms with Crippen LogP contribution < -0.4 is 0 Å². The van der Waals surface area contributed by atoms with E-state index < -0.39 is 0 Å². The molecule has 1 aromatic carbocycles. The second-order valence-corrected chi connectivity index (χ2v) is 5.96. The second-order valence-electron chi connectivity index (χ2n) is 5.96. The van der Waals surface area contributed by atoms with Crippen LogP contribution >= 0.6 is 0 Å². The number of aryl methyl sites for hydroxylation is 1. The summed E-state index contributed by atoms with van der Waals surface area (Å²) in [5.41, 5.74) is 1.88. The first-order chi connectivity index (χ1) is 9.58. The summed E-state index contributed by atoms with van der Waals surface area (Å²) in [5.74, 6) is 0.112. The summed E-state index contributed by atoms with van der Waals surface area (Å²) in [6.45, 7) is 4.62. The van der Waals surface area contributed by atoms with E-state index in [0.717, 1.165) is 36.9 Å². The van der Waals surface area contributed by atoms with Crippen molar-refractivity contribution in [2.24, 2.45) is 0 Å². The van der Waals surface area contributed by atoms with Crippen molar-refractivity contribution in [2.75, 3.05) is 6.54 Å². The van der Waals surface area contributed by atoms with Crippen molar-refractivity contribution in [3.63, 3.8) is 0 Å². The van der Waals surface area contributed by atoms with Crippen molar-refractivity contribution in [3.8, 4) is 0 Å². The lowest BCUT2D eigenvalue weighted by Gasteiger charge is -2.31. The Morgan fingerprint density at radius 2 is 2.20 bits per heavy atom. The molecule has 0 bridgehead atoms. The highest BCUT2D eigenvalue weighted by Crippen LogP contribution is 2.23. The summed E-state index contributed by atoms with van der Waals surface area (Å²) < 4.78 is 0. The Hall–Kier alpha value is -1.35.